The van der Waals surface area contributed by atoms with E-state index in [1.165, 1.54) is 17.5 Å². The number of fused-ring (bicyclic) bond motifs is 1. The van der Waals surface area contributed by atoms with Gasteiger partial charge in [0.1, 0.15) is 5.75 Å². The summed E-state index contributed by atoms with van der Waals surface area (Å²) in [6, 6.07) is 15.6. The van der Waals surface area contributed by atoms with Crippen LogP contribution in [0, 0.1) is 6.92 Å². The van der Waals surface area contributed by atoms with Crippen LogP contribution in [0.3, 0.4) is 0 Å². The molecule has 1 fully saturated rings. The van der Waals surface area contributed by atoms with Crippen LogP contribution >= 0.6 is 0 Å². The Balaban J connectivity index is 1.29. The van der Waals surface area contributed by atoms with Crippen molar-refractivity contribution in [2.75, 3.05) is 45.7 Å². The smallest absolute Gasteiger partial charge is 0.319 e. The molecular formula is C25H31N5O4S. The van der Waals surface area contributed by atoms with Crippen molar-refractivity contribution in [3.63, 3.8) is 0 Å². The quantitative estimate of drug-likeness (QED) is 0.496. The summed E-state index contributed by atoms with van der Waals surface area (Å²) in [5, 5.41) is 6.70. The van der Waals surface area contributed by atoms with Gasteiger partial charge in [-0.05, 0) is 44.2 Å². The van der Waals surface area contributed by atoms with E-state index in [0.717, 1.165) is 35.2 Å². The third kappa shape index (κ3) is 5.72. The standard InChI is InChI=1S/C25H31N5O4S/c1-18-15-24(22-9-4-5-10-23(22)27-18)28-25(31)26-12-14-30-13-11-19(17-30)29(2)35(32,33)21-8-6-7-20(16-21)34-3/h4-10,15-16,19H,11-14,17H2,1-3H3,(H2,26,27,28,31). The van der Waals surface area contributed by atoms with Gasteiger partial charge >= 0.3 is 6.03 Å². The van der Waals surface area contributed by atoms with Crippen LogP contribution in [-0.4, -0.2) is 75.0 Å². The number of carbonyl (C=O) groups excluding carboxylic acids is 1. The van der Waals surface area contributed by atoms with Gasteiger partial charge in [0.05, 0.1) is 23.2 Å². The second kappa shape index (κ2) is 10.6. The van der Waals surface area contributed by atoms with Crippen molar-refractivity contribution in [1.82, 2.24) is 19.5 Å². The monoisotopic (exact) mass is 497 g/mol. The zero-order chi connectivity index (χ0) is 25.0. The Morgan fingerprint density at radius 3 is 2.80 bits per heavy atom. The third-order valence-corrected chi connectivity index (χ3v) is 8.19. The maximum Gasteiger partial charge on any atom is 0.319 e. The highest BCUT2D eigenvalue weighted by atomic mass is 32.2. The number of likely N-dealkylation sites (N-methyl/N-ethyl adjacent to an activating group) is 1. The Kier molecular flexibility index (Phi) is 7.54. The highest BCUT2D eigenvalue weighted by Gasteiger charge is 2.33. The molecule has 186 valence electrons. The number of benzene rings is 2. The van der Waals surface area contributed by atoms with Crippen LogP contribution in [0.25, 0.3) is 10.9 Å². The molecule has 35 heavy (non-hydrogen) atoms. The maximum atomic E-state index is 13.1. The van der Waals surface area contributed by atoms with Crippen LogP contribution in [0.4, 0.5) is 10.5 Å². The van der Waals surface area contributed by atoms with E-state index >= 15 is 0 Å². The Bertz CT molecular complexity index is 1310. The Labute approximate surface area is 206 Å². The molecule has 2 heterocycles. The molecular weight excluding hydrogens is 466 g/mol. The zero-order valence-electron chi connectivity index (χ0n) is 20.2. The number of nitrogens with zero attached hydrogens (tertiary/aromatic N) is 3. The Hall–Kier alpha value is -3.21. The summed E-state index contributed by atoms with van der Waals surface area (Å²) >= 11 is 0. The molecule has 2 amide bonds. The van der Waals surface area contributed by atoms with Crippen molar-refractivity contribution in [2.24, 2.45) is 0 Å². The normalized spacial score (nSPS) is 16.5. The van der Waals surface area contributed by atoms with Gasteiger partial charge < -0.3 is 15.4 Å². The molecule has 0 radical (unpaired) electrons. The van der Waals surface area contributed by atoms with E-state index in [1.54, 1.807) is 25.2 Å². The van der Waals surface area contributed by atoms with Gasteiger partial charge in [0.25, 0.3) is 0 Å². The SMILES string of the molecule is COc1cccc(S(=O)(=O)N(C)C2CCN(CCNC(=O)Nc3cc(C)nc4ccccc34)C2)c1. The van der Waals surface area contributed by atoms with Gasteiger partial charge in [-0.25, -0.2) is 13.2 Å². The van der Waals surface area contributed by atoms with Crippen LogP contribution < -0.4 is 15.4 Å². The van der Waals surface area contributed by atoms with E-state index in [2.05, 4.69) is 20.5 Å². The summed E-state index contributed by atoms with van der Waals surface area (Å²) < 4.78 is 32.7. The van der Waals surface area contributed by atoms with Gasteiger partial charge in [-0.1, -0.05) is 24.3 Å². The fourth-order valence-corrected chi connectivity index (χ4v) is 5.75. The number of ether oxygens (including phenoxy) is 1. The van der Waals surface area contributed by atoms with Gasteiger partial charge in [0, 0.05) is 49.9 Å². The molecule has 1 aliphatic rings. The van der Waals surface area contributed by atoms with Crippen LogP contribution in [0.2, 0.25) is 0 Å². The number of aryl methyl sites for hydroxylation is 1. The number of rotatable bonds is 8. The van der Waals surface area contributed by atoms with Crippen molar-refractivity contribution in [3.8, 4) is 5.75 Å². The first-order valence-corrected chi connectivity index (χ1v) is 13.0. The number of hydrogen-bond acceptors (Lipinski definition) is 6. The minimum absolute atomic E-state index is 0.133. The van der Waals surface area contributed by atoms with Crippen molar-refractivity contribution in [1.29, 1.82) is 0 Å². The fraction of sp³-hybridized carbons (Fsp3) is 0.360. The number of hydrogen-bond donors (Lipinski definition) is 2. The molecule has 0 saturated carbocycles. The van der Waals surface area contributed by atoms with E-state index in [9.17, 15) is 13.2 Å². The number of amides is 2. The summed E-state index contributed by atoms with van der Waals surface area (Å²) in [7, 11) is -0.493. The molecule has 10 heteroatoms. The number of anilines is 1. The number of sulfonamides is 1. The van der Waals surface area contributed by atoms with E-state index in [-0.39, 0.29) is 17.0 Å². The maximum absolute atomic E-state index is 13.1. The first-order chi connectivity index (χ1) is 16.8. The molecule has 0 aliphatic carbocycles. The van der Waals surface area contributed by atoms with Crippen molar-refractivity contribution < 1.29 is 17.9 Å². The number of likely N-dealkylation sites (tertiary alicyclic amines) is 1. The van der Waals surface area contributed by atoms with Gasteiger partial charge in [-0.2, -0.15) is 4.31 Å². The van der Waals surface area contributed by atoms with Gasteiger partial charge in [-0.3, -0.25) is 9.88 Å². The summed E-state index contributed by atoms with van der Waals surface area (Å²) in [5.41, 5.74) is 2.38. The van der Waals surface area contributed by atoms with Crippen molar-refractivity contribution in [2.45, 2.75) is 24.3 Å². The lowest BCUT2D eigenvalue weighted by atomic mass is 10.1. The van der Waals surface area contributed by atoms with Gasteiger partial charge in [0.2, 0.25) is 10.0 Å². The number of carbonyl (C=O) groups is 1. The number of para-hydroxylation sites is 1. The predicted molar refractivity (Wildman–Crippen MR) is 136 cm³/mol. The topological polar surface area (TPSA) is 104 Å². The average molecular weight is 498 g/mol. The molecule has 0 spiro atoms. The second-order valence-corrected chi connectivity index (χ2v) is 10.7. The number of aromatic nitrogens is 1. The fourth-order valence-electron chi connectivity index (χ4n) is 4.34. The molecule has 1 aliphatic heterocycles. The molecule has 3 aromatic rings. The van der Waals surface area contributed by atoms with Crippen molar-refractivity contribution in [3.05, 3.63) is 60.3 Å². The van der Waals surface area contributed by atoms with Gasteiger partial charge in [0.15, 0.2) is 0 Å². The molecule has 0 bridgehead atoms. The van der Waals surface area contributed by atoms with Crippen LogP contribution in [0.5, 0.6) is 5.75 Å². The molecule has 1 unspecified atom stereocenters. The summed E-state index contributed by atoms with van der Waals surface area (Å²) in [6.07, 6.45) is 0.730. The Morgan fingerprint density at radius 2 is 2.00 bits per heavy atom. The molecule has 1 atom stereocenters. The highest BCUT2D eigenvalue weighted by Crippen LogP contribution is 2.25. The number of pyridine rings is 1. The molecule has 1 saturated heterocycles. The summed E-state index contributed by atoms with van der Waals surface area (Å²) in [6.45, 7) is 4.35. The van der Waals surface area contributed by atoms with Gasteiger partial charge in [-0.15, -0.1) is 0 Å². The minimum Gasteiger partial charge on any atom is -0.497 e. The minimum atomic E-state index is -3.63. The first kappa shape index (κ1) is 24.9. The number of nitrogens with one attached hydrogen (secondary N) is 2. The lowest BCUT2D eigenvalue weighted by molar-refractivity contribution is 0.248. The van der Waals surface area contributed by atoms with Crippen molar-refractivity contribution >= 4 is 32.6 Å². The molecule has 9 nitrogen and oxygen atoms in total. The molecule has 2 N–H and O–H groups in total. The largest absolute Gasteiger partial charge is 0.497 e. The third-order valence-electron chi connectivity index (χ3n) is 6.29. The first-order valence-electron chi connectivity index (χ1n) is 11.5. The van der Waals surface area contributed by atoms with E-state index < -0.39 is 10.0 Å². The molecule has 2 aromatic carbocycles. The average Bonchev–Trinajstić information content (AvgIpc) is 3.32. The van der Waals surface area contributed by atoms with Crippen LogP contribution in [0.15, 0.2) is 59.5 Å². The predicted octanol–water partition coefficient (Wildman–Crippen LogP) is 3.07. The molecule has 1 aromatic heterocycles. The van der Waals surface area contributed by atoms with Crippen LogP contribution in [0.1, 0.15) is 12.1 Å². The van der Waals surface area contributed by atoms with Crippen LogP contribution in [-0.2, 0) is 10.0 Å². The zero-order valence-corrected chi connectivity index (χ0v) is 21.0. The Morgan fingerprint density at radius 1 is 1.20 bits per heavy atom. The highest BCUT2D eigenvalue weighted by molar-refractivity contribution is 7.89. The lowest BCUT2D eigenvalue weighted by Gasteiger charge is -2.24. The number of urea groups is 1. The number of methoxy groups -OCH3 is 1. The summed E-state index contributed by atoms with van der Waals surface area (Å²) in [5.74, 6) is 0.506. The van der Waals surface area contributed by atoms with E-state index in [1.807, 2.05) is 37.3 Å². The molecule has 4 rings (SSSR count). The summed E-state index contributed by atoms with van der Waals surface area (Å²) in [4.78, 5) is 19.4. The second-order valence-electron chi connectivity index (χ2n) is 8.65. The lowest BCUT2D eigenvalue weighted by Crippen LogP contribution is -2.40. The van der Waals surface area contributed by atoms with E-state index in [0.29, 0.717) is 25.4 Å². The van der Waals surface area contributed by atoms with E-state index in [4.69, 9.17) is 4.74 Å².